The quantitative estimate of drug-likeness (QED) is 0.609. The largest absolute Gasteiger partial charge is 0.423 e. The fourth-order valence-corrected chi connectivity index (χ4v) is 1.45. The van der Waals surface area contributed by atoms with Crippen LogP contribution in [0.5, 0.6) is 5.75 Å². The summed E-state index contributed by atoms with van der Waals surface area (Å²) in [7, 11) is 0. The van der Waals surface area contributed by atoms with Crippen LogP contribution in [0.1, 0.15) is 21.5 Å². The number of rotatable bonds is 3. The zero-order valence-electron chi connectivity index (χ0n) is 9.77. The molecule has 0 saturated heterocycles. The van der Waals surface area contributed by atoms with Gasteiger partial charge in [0.05, 0.1) is 5.56 Å². The Balaban J connectivity index is 2.17. The summed E-state index contributed by atoms with van der Waals surface area (Å²) in [6.07, 6.45) is 1.74. The van der Waals surface area contributed by atoms with E-state index in [1.165, 1.54) is 24.3 Å². The van der Waals surface area contributed by atoms with Gasteiger partial charge in [-0.2, -0.15) is 0 Å². The second-order valence-electron chi connectivity index (χ2n) is 3.73. The summed E-state index contributed by atoms with van der Waals surface area (Å²) in [5.74, 6) is 0.0173. The molecule has 0 fully saturated rings. The van der Waals surface area contributed by atoms with Crippen LogP contribution in [0, 0.1) is 13.0 Å². The van der Waals surface area contributed by atoms with Gasteiger partial charge in [0, 0.05) is 5.56 Å². The van der Waals surface area contributed by atoms with Crippen LogP contribution in [0.2, 0.25) is 0 Å². The van der Waals surface area contributed by atoms with E-state index in [1.54, 1.807) is 24.5 Å². The molecule has 3 heteroatoms. The van der Waals surface area contributed by atoms with Gasteiger partial charge >= 0.3 is 5.97 Å². The van der Waals surface area contributed by atoms with Crippen molar-refractivity contribution >= 4 is 12.3 Å². The summed E-state index contributed by atoms with van der Waals surface area (Å²) < 4.78 is 5.24. The average molecular weight is 238 g/mol. The van der Waals surface area contributed by atoms with E-state index in [4.69, 9.17) is 4.74 Å². The number of esters is 1. The van der Waals surface area contributed by atoms with Crippen LogP contribution >= 0.6 is 0 Å². The third kappa shape index (κ3) is 2.63. The van der Waals surface area contributed by atoms with E-state index in [1.807, 2.05) is 6.92 Å². The Morgan fingerprint density at radius 3 is 2.56 bits per heavy atom. The van der Waals surface area contributed by atoms with Gasteiger partial charge in [0.1, 0.15) is 5.75 Å². The van der Waals surface area contributed by atoms with Gasteiger partial charge in [-0.3, -0.25) is 4.79 Å². The first-order valence-electron chi connectivity index (χ1n) is 5.38. The number of carbonyl (C=O) groups excluding carboxylic acids is 2. The molecule has 0 bridgehead atoms. The maximum Gasteiger partial charge on any atom is 0.343 e. The van der Waals surface area contributed by atoms with E-state index in [-0.39, 0.29) is 0 Å². The van der Waals surface area contributed by atoms with Crippen LogP contribution in [-0.4, -0.2) is 12.3 Å². The first-order valence-corrected chi connectivity index (χ1v) is 5.38. The molecule has 0 saturated carbocycles. The van der Waals surface area contributed by atoms with E-state index < -0.39 is 5.97 Å². The van der Waals surface area contributed by atoms with E-state index in [0.717, 1.165) is 5.56 Å². The molecule has 2 aromatic carbocycles. The van der Waals surface area contributed by atoms with Gasteiger partial charge in [-0.25, -0.2) is 4.79 Å². The zero-order chi connectivity index (χ0) is 13.0. The summed E-state index contributed by atoms with van der Waals surface area (Å²) >= 11 is 0. The molecule has 88 valence electrons. The van der Waals surface area contributed by atoms with Crippen LogP contribution in [0.25, 0.3) is 0 Å². The molecule has 2 radical (unpaired) electrons. The molecule has 0 aliphatic rings. The van der Waals surface area contributed by atoms with Gasteiger partial charge in [0.15, 0.2) is 0 Å². The predicted octanol–water partition coefficient (Wildman–Crippen LogP) is 2.47. The molecule has 2 aromatic rings. The Kier molecular flexibility index (Phi) is 3.53. The van der Waals surface area contributed by atoms with Gasteiger partial charge in [0.2, 0.25) is 6.29 Å². The van der Waals surface area contributed by atoms with Crippen molar-refractivity contribution in [3.8, 4) is 5.75 Å². The Bertz CT molecular complexity index is 571. The van der Waals surface area contributed by atoms with Crippen LogP contribution in [0.4, 0.5) is 0 Å². The molecule has 2 rings (SSSR count). The van der Waals surface area contributed by atoms with Crippen molar-refractivity contribution in [1.29, 1.82) is 0 Å². The standard InChI is InChI=1S/C15H10O3/c1-11-4-2-3-5-14(11)18-15(17)13-8-6-12(10-16)7-9-13/h2-3,5-9H,1H3. The minimum absolute atomic E-state index is 0.386. The Hall–Kier alpha value is -2.42. The van der Waals surface area contributed by atoms with Crippen molar-refractivity contribution in [2.75, 3.05) is 0 Å². The third-order valence-corrected chi connectivity index (χ3v) is 2.45. The summed E-state index contributed by atoms with van der Waals surface area (Å²) in [6, 6.07) is 14.3. The number of ether oxygens (including phenoxy) is 1. The van der Waals surface area contributed by atoms with Crippen molar-refractivity contribution < 1.29 is 14.3 Å². The minimum Gasteiger partial charge on any atom is -0.423 e. The first-order chi connectivity index (χ1) is 8.70. The van der Waals surface area contributed by atoms with Crippen molar-refractivity contribution in [3.63, 3.8) is 0 Å². The molecule has 0 amide bonds. The van der Waals surface area contributed by atoms with Crippen molar-refractivity contribution in [2.24, 2.45) is 0 Å². The lowest BCUT2D eigenvalue weighted by Crippen LogP contribution is -2.09. The number of carbonyl (C=O) groups is 1. The third-order valence-electron chi connectivity index (χ3n) is 2.45. The maximum atomic E-state index is 11.8. The molecule has 3 nitrogen and oxygen atoms in total. The summed E-state index contributed by atoms with van der Waals surface area (Å²) in [4.78, 5) is 22.2. The fourth-order valence-electron chi connectivity index (χ4n) is 1.45. The van der Waals surface area contributed by atoms with E-state index >= 15 is 0 Å². The molecular weight excluding hydrogens is 228 g/mol. The highest BCUT2D eigenvalue weighted by atomic mass is 16.5. The lowest BCUT2D eigenvalue weighted by molar-refractivity contribution is 0.0733. The molecule has 0 unspecified atom stereocenters. The topological polar surface area (TPSA) is 43.4 Å². The number of hydrogen-bond donors (Lipinski definition) is 0. The summed E-state index contributed by atoms with van der Waals surface area (Å²) in [6.45, 7) is 1.81. The van der Waals surface area contributed by atoms with Gasteiger partial charge in [-0.05, 0) is 36.8 Å². The molecule has 0 aliphatic carbocycles. The monoisotopic (exact) mass is 238 g/mol. The number of aryl methyl sites for hydroxylation is 1. The highest BCUT2D eigenvalue weighted by Gasteiger charge is 2.09. The van der Waals surface area contributed by atoms with E-state index in [0.29, 0.717) is 16.9 Å². The van der Waals surface area contributed by atoms with Crippen molar-refractivity contribution in [1.82, 2.24) is 0 Å². The SMILES string of the molecule is Cc1[c]cccc1OC(=O)c1ccc([C]=O)cc1. The molecular formula is C15H10O3. The molecule has 0 spiro atoms. The van der Waals surface area contributed by atoms with E-state index in [9.17, 15) is 9.59 Å². The zero-order valence-corrected chi connectivity index (χ0v) is 9.77. The molecule has 0 atom stereocenters. The Morgan fingerprint density at radius 1 is 1.22 bits per heavy atom. The summed E-state index contributed by atoms with van der Waals surface area (Å²) in [5, 5.41) is 0. The van der Waals surface area contributed by atoms with Crippen LogP contribution in [0.15, 0.2) is 42.5 Å². The van der Waals surface area contributed by atoms with Crippen molar-refractivity contribution in [3.05, 3.63) is 65.2 Å². The average Bonchev–Trinajstić information content (AvgIpc) is 2.41. The highest BCUT2D eigenvalue weighted by molar-refractivity contribution is 5.92. The Morgan fingerprint density at radius 2 is 1.94 bits per heavy atom. The van der Waals surface area contributed by atoms with E-state index in [2.05, 4.69) is 6.07 Å². The van der Waals surface area contributed by atoms with Crippen molar-refractivity contribution in [2.45, 2.75) is 6.92 Å². The first kappa shape index (κ1) is 12.0. The van der Waals surface area contributed by atoms with Gasteiger partial charge in [-0.1, -0.05) is 24.3 Å². The second kappa shape index (κ2) is 5.27. The highest BCUT2D eigenvalue weighted by Crippen LogP contribution is 2.17. The lowest BCUT2D eigenvalue weighted by Gasteiger charge is -2.06. The lowest BCUT2D eigenvalue weighted by atomic mass is 10.1. The Labute approximate surface area is 105 Å². The predicted molar refractivity (Wildman–Crippen MR) is 66.2 cm³/mol. The molecule has 18 heavy (non-hydrogen) atoms. The number of hydrogen-bond acceptors (Lipinski definition) is 3. The normalized spacial score (nSPS) is 9.83. The smallest absolute Gasteiger partial charge is 0.343 e. The molecule has 0 aromatic heterocycles. The van der Waals surface area contributed by atoms with Gasteiger partial charge in [-0.15, -0.1) is 0 Å². The number of benzene rings is 2. The molecule has 0 aliphatic heterocycles. The fraction of sp³-hybridized carbons (Fsp3) is 0.0667. The van der Waals surface area contributed by atoms with Crippen LogP contribution in [0.3, 0.4) is 0 Å². The van der Waals surface area contributed by atoms with Gasteiger partial charge < -0.3 is 4.74 Å². The van der Waals surface area contributed by atoms with Crippen LogP contribution < -0.4 is 4.74 Å². The maximum absolute atomic E-state index is 11.8. The molecule has 0 N–H and O–H groups in total. The van der Waals surface area contributed by atoms with Gasteiger partial charge in [0.25, 0.3) is 0 Å². The molecule has 0 heterocycles. The second-order valence-corrected chi connectivity index (χ2v) is 3.73. The minimum atomic E-state index is -0.463. The summed E-state index contributed by atoms with van der Waals surface area (Å²) in [5.41, 5.74) is 1.55. The van der Waals surface area contributed by atoms with Crippen LogP contribution in [-0.2, 0) is 4.79 Å².